The normalized spacial score (nSPS) is 10.2. The van der Waals surface area contributed by atoms with Crippen molar-refractivity contribution in [1.82, 2.24) is 15.0 Å². The van der Waals surface area contributed by atoms with E-state index in [1.807, 2.05) is 84.9 Å². The third-order valence-electron chi connectivity index (χ3n) is 8.47. The van der Waals surface area contributed by atoms with Gasteiger partial charge >= 0.3 is 0 Å². The number of allylic oxidation sites excluding steroid dienone is 2. The molecule has 0 aliphatic carbocycles. The number of benzene rings is 5. The number of hydrogen-bond donors (Lipinski definition) is 1. The van der Waals surface area contributed by atoms with E-state index in [-0.39, 0.29) is 51.8 Å². The quantitative estimate of drug-likeness (QED) is 0.108. The van der Waals surface area contributed by atoms with Gasteiger partial charge in [0.05, 0.1) is 16.8 Å². The van der Waals surface area contributed by atoms with Gasteiger partial charge in [-0.25, -0.2) is 0 Å². The van der Waals surface area contributed by atoms with Crippen LogP contribution in [-0.2, 0) is 45.0 Å². The molecule has 8 aromatic rings. The van der Waals surface area contributed by atoms with Gasteiger partial charge < -0.3 is 10.1 Å². The van der Waals surface area contributed by atoms with Crippen LogP contribution in [0.4, 0.5) is 0 Å². The van der Waals surface area contributed by atoms with E-state index in [1.165, 1.54) is 47.4 Å². The van der Waals surface area contributed by atoms with Crippen molar-refractivity contribution in [2.75, 3.05) is 0 Å². The first-order chi connectivity index (χ1) is 26.6. The summed E-state index contributed by atoms with van der Waals surface area (Å²) in [5.41, 5.74) is 13.1. The summed E-state index contributed by atoms with van der Waals surface area (Å²) >= 11 is 0. The zero-order valence-corrected chi connectivity index (χ0v) is 37.6. The summed E-state index contributed by atoms with van der Waals surface area (Å²) in [4.78, 5) is 23.6. The van der Waals surface area contributed by atoms with E-state index in [2.05, 4.69) is 105 Å². The van der Waals surface area contributed by atoms with Gasteiger partial charge in [-0.2, -0.15) is 0 Å². The molecule has 5 nitrogen and oxygen atoms in total. The Bertz CT molecular complexity index is 2480. The molecule has 0 unspecified atom stereocenters. The predicted octanol–water partition coefficient (Wildman–Crippen LogP) is 12.2. The summed E-state index contributed by atoms with van der Waals surface area (Å²) in [6, 6.07) is 56.5. The first kappa shape index (κ1) is 46.0. The molecule has 292 valence electrons. The van der Waals surface area contributed by atoms with E-state index in [1.54, 1.807) is 6.20 Å². The van der Waals surface area contributed by atoms with Gasteiger partial charge in [0.25, 0.3) is 0 Å². The van der Waals surface area contributed by atoms with E-state index in [4.69, 9.17) is 15.1 Å². The number of fused-ring (bicyclic) bond motifs is 2. The monoisotopic (exact) mass is 1100 g/mol. The number of hydrogen-bond acceptors (Lipinski definition) is 5. The van der Waals surface area contributed by atoms with Crippen LogP contribution in [0.5, 0.6) is 0 Å². The fourth-order valence-corrected chi connectivity index (χ4v) is 5.77. The molecular weight excluding hydrogens is 1060 g/mol. The topological polar surface area (TPSA) is 76.0 Å². The van der Waals surface area contributed by atoms with Gasteiger partial charge in [0.1, 0.15) is 0 Å². The van der Waals surface area contributed by atoms with Gasteiger partial charge in [-0.05, 0) is 59.9 Å². The molecule has 5 aromatic carbocycles. The van der Waals surface area contributed by atoms with E-state index in [9.17, 15) is 4.79 Å². The molecule has 2 radical (unpaired) electrons. The molecule has 0 aliphatic heterocycles. The van der Waals surface area contributed by atoms with Crippen LogP contribution in [0.2, 0.25) is 0 Å². The van der Waals surface area contributed by atoms with Crippen LogP contribution >= 0.6 is 0 Å². The predicted molar refractivity (Wildman–Crippen MR) is 227 cm³/mol. The van der Waals surface area contributed by atoms with Crippen molar-refractivity contribution in [3.8, 4) is 33.8 Å². The Labute approximate surface area is 363 Å². The molecule has 1 N–H and O–H groups in total. The van der Waals surface area contributed by atoms with Gasteiger partial charge in [0, 0.05) is 52.5 Å². The number of carbonyl (C=O) groups excluding carboxylic acids is 1. The van der Waals surface area contributed by atoms with Crippen molar-refractivity contribution in [2.45, 2.75) is 41.5 Å². The van der Waals surface area contributed by atoms with Crippen molar-refractivity contribution < 1.29 is 50.1 Å². The second-order valence-corrected chi connectivity index (χ2v) is 13.1. The molecule has 0 spiro atoms. The maximum Gasteiger partial charge on any atom is 0.155 e. The summed E-state index contributed by atoms with van der Waals surface area (Å²) < 4.78 is 0. The van der Waals surface area contributed by atoms with Crippen molar-refractivity contribution in [2.24, 2.45) is 0 Å². The van der Waals surface area contributed by atoms with Crippen LogP contribution in [0.15, 0.2) is 158 Å². The molecule has 0 aliphatic rings. The summed E-state index contributed by atoms with van der Waals surface area (Å²) in [6.45, 7) is 11.3. The van der Waals surface area contributed by atoms with Crippen LogP contribution in [-0.4, -0.2) is 25.8 Å². The van der Waals surface area contributed by atoms with Crippen molar-refractivity contribution in [1.29, 1.82) is 0 Å². The fraction of sp³-hybridized carbons (Fsp3) is 0.120. The van der Waals surface area contributed by atoms with E-state index >= 15 is 0 Å². The Balaban J connectivity index is 0.000000212. The molecule has 0 bridgehead atoms. The number of nitrogens with zero attached hydrogens (tertiary/aromatic N) is 3. The maximum absolute atomic E-state index is 10.0. The smallest absolute Gasteiger partial charge is 0.155 e. The van der Waals surface area contributed by atoms with Gasteiger partial charge in [-0.15, -0.1) is 106 Å². The van der Waals surface area contributed by atoms with E-state index in [0.29, 0.717) is 0 Å². The minimum Gasteiger partial charge on any atom is -0.512 e. The minimum atomic E-state index is -0.125. The largest absolute Gasteiger partial charge is 0.512 e. The zero-order valence-electron chi connectivity index (χ0n) is 32.8. The molecule has 0 fully saturated rings. The number of aryl methyl sites for hydroxylation is 3. The number of para-hydroxylation sites is 2. The minimum absolute atomic E-state index is 0. The average Bonchev–Trinajstić information content (AvgIpc) is 3.19. The van der Waals surface area contributed by atoms with Crippen LogP contribution in [0.3, 0.4) is 0 Å². The number of aliphatic hydroxyl groups excluding tert-OH is 1. The number of pyridine rings is 3. The molecule has 0 atom stereocenters. The molecule has 8 rings (SSSR count). The van der Waals surface area contributed by atoms with Crippen molar-refractivity contribution in [3.63, 3.8) is 0 Å². The molecule has 57 heavy (non-hydrogen) atoms. The third kappa shape index (κ3) is 13.9. The number of ketones is 1. The second kappa shape index (κ2) is 23.0. The maximum atomic E-state index is 10.0. The molecular formula is C50H44Ir2N3O2-3. The molecule has 0 saturated carbocycles. The number of aliphatic hydroxyl groups is 1. The first-order valence-electron chi connectivity index (χ1n) is 18.0. The standard InChI is InChI=1S/2C17H14N.C11H8N.C5H8O2.2Ir/c1-12-6-5-8-15(13(12)2)17-11-10-14-7-3-4-9-16(14)18-17;1-12-9-13(2)11-15(10-12)17-8-7-14-5-3-4-6-16(14)18-17;1-2-6-10(7-3-1)11-8-4-5-9-12-11;1-4(6)3-5(2)7;;/h3-7,9-11H,1-2H3;3-10H,1-2H3;1-6,8-9H;3,6H,1-2H3;;/q3*-1;;;. The van der Waals surface area contributed by atoms with Gasteiger partial charge in [0.15, 0.2) is 5.78 Å². The molecule has 0 amide bonds. The van der Waals surface area contributed by atoms with Crippen LogP contribution < -0.4 is 0 Å². The molecule has 3 heterocycles. The summed E-state index contributed by atoms with van der Waals surface area (Å²) in [5, 5.41) is 10.7. The Morgan fingerprint density at radius 1 is 0.614 bits per heavy atom. The summed E-state index contributed by atoms with van der Waals surface area (Å²) in [6.07, 6.45) is 2.95. The van der Waals surface area contributed by atoms with Crippen molar-refractivity contribution >= 4 is 27.6 Å². The second-order valence-electron chi connectivity index (χ2n) is 13.1. The SMILES string of the molecule is CC(=O)C=C(C)O.Cc1[c-]c(-c2ccc3ccccc3n2)cc(C)c1.Cc1cc[c-]c(-c2ccc3ccccc3n2)c1C.[Ir].[Ir].[c-]1ccccc1-c1ccccn1. The Morgan fingerprint density at radius 3 is 1.79 bits per heavy atom. The van der Waals surface area contributed by atoms with Crippen molar-refractivity contribution in [3.05, 3.63) is 198 Å². The molecule has 3 aromatic heterocycles. The Morgan fingerprint density at radius 2 is 1.23 bits per heavy atom. The van der Waals surface area contributed by atoms with E-state index < -0.39 is 0 Å². The summed E-state index contributed by atoms with van der Waals surface area (Å²) in [7, 11) is 0. The van der Waals surface area contributed by atoms with Crippen LogP contribution in [0.1, 0.15) is 36.1 Å². The molecule has 7 heteroatoms. The van der Waals surface area contributed by atoms with Gasteiger partial charge in [-0.1, -0.05) is 100 Å². The Hall–Kier alpha value is -5.42. The fourth-order valence-electron chi connectivity index (χ4n) is 5.77. The van der Waals surface area contributed by atoms with Gasteiger partial charge in [0.2, 0.25) is 0 Å². The number of carbonyl (C=O) groups is 1. The van der Waals surface area contributed by atoms with Gasteiger partial charge in [-0.3, -0.25) is 14.8 Å². The van der Waals surface area contributed by atoms with E-state index in [0.717, 1.165) is 50.4 Å². The first-order valence-corrected chi connectivity index (χ1v) is 18.0. The zero-order chi connectivity index (χ0) is 39.2. The summed E-state index contributed by atoms with van der Waals surface area (Å²) in [5.74, 6) is -0.0625. The van der Waals surface area contributed by atoms with Crippen LogP contribution in [0, 0.1) is 45.9 Å². The third-order valence-corrected chi connectivity index (χ3v) is 8.47. The average molecular weight is 1100 g/mol. The number of rotatable bonds is 4. The van der Waals surface area contributed by atoms with Crippen LogP contribution in [0.25, 0.3) is 55.6 Å². The molecule has 0 saturated heterocycles. The number of aromatic nitrogens is 3. The Kier molecular flexibility index (Phi) is 18.5.